The molecule has 2 aromatic carbocycles. The van der Waals surface area contributed by atoms with Gasteiger partial charge in [-0.15, -0.1) is 0 Å². The van der Waals surface area contributed by atoms with Crippen molar-refractivity contribution in [2.75, 3.05) is 7.11 Å². The Labute approximate surface area is 126 Å². The molecule has 0 aliphatic heterocycles. The van der Waals surface area contributed by atoms with Crippen LogP contribution in [0.5, 0.6) is 5.75 Å². The highest BCUT2D eigenvalue weighted by Crippen LogP contribution is 2.28. The van der Waals surface area contributed by atoms with Gasteiger partial charge >= 0.3 is 0 Å². The fourth-order valence-electron chi connectivity index (χ4n) is 2.50. The lowest BCUT2D eigenvalue weighted by Gasteiger charge is -2.22. The molecule has 0 amide bonds. The molecule has 0 aromatic heterocycles. The smallest absolute Gasteiger partial charge is 0.193 e. The van der Waals surface area contributed by atoms with Crippen LogP contribution in [-0.2, 0) is 5.41 Å². The molecule has 0 saturated carbocycles. The summed E-state index contributed by atoms with van der Waals surface area (Å²) in [6.45, 7) is 8.31. The van der Waals surface area contributed by atoms with Crippen molar-refractivity contribution in [1.29, 1.82) is 0 Å². The van der Waals surface area contributed by atoms with E-state index in [1.54, 1.807) is 7.11 Å². The van der Waals surface area contributed by atoms with Gasteiger partial charge in [0.15, 0.2) is 5.78 Å². The van der Waals surface area contributed by atoms with Crippen molar-refractivity contribution in [2.24, 2.45) is 0 Å². The summed E-state index contributed by atoms with van der Waals surface area (Å²) in [5, 5.41) is 0. The van der Waals surface area contributed by atoms with E-state index in [4.69, 9.17) is 4.74 Å². The monoisotopic (exact) mass is 282 g/mol. The van der Waals surface area contributed by atoms with Crippen molar-refractivity contribution in [2.45, 2.75) is 33.1 Å². The van der Waals surface area contributed by atoms with E-state index >= 15 is 0 Å². The van der Waals surface area contributed by atoms with Gasteiger partial charge < -0.3 is 4.74 Å². The van der Waals surface area contributed by atoms with Crippen LogP contribution in [0.15, 0.2) is 42.5 Å². The Morgan fingerprint density at radius 3 is 2.24 bits per heavy atom. The van der Waals surface area contributed by atoms with E-state index in [0.717, 1.165) is 28.0 Å². The summed E-state index contributed by atoms with van der Waals surface area (Å²) in [5.41, 5.74) is 3.45. The molecule has 0 unspecified atom stereocenters. The average molecular weight is 282 g/mol. The van der Waals surface area contributed by atoms with Gasteiger partial charge in [0.2, 0.25) is 0 Å². The Kier molecular flexibility index (Phi) is 4.17. The number of hydrogen-bond donors (Lipinski definition) is 0. The van der Waals surface area contributed by atoms with Crippen LogP contribution in [0.4, 0.5) is 0 Å². The van der Waals surface area contributed by atoms with Gasteiger partial charge in [0, 0.05) is 11.1 Å². The van der Waals surface area contributed by atoms with E-state index in [2.05, 4.69) is 20.8 Å². The van der Waals surface area contributed by atoms with Crippen molar-refractivity contribution in [3.05, 3.63) is 64.7 Å². The molecular weight excluding hydrogens is 260 g/mol. The molecule has 2 aromatic rings. The maximum atomic E-state index is 12.9. The summed E-state index contributed by atoms with van der Waals surface area (Å²) >= 11 is 0. The van der Waals surface area contributed by atoms with Gasteiger partial charge in [0.05, 0.1) is 7.11 Å². The molecular formula is C19H22O2. The second-order valence-corrected chi connectivity index (χ2v) is 6.31. The number of carbonyl (C=O) groups is 1. The van der Waals surface area contributed by atoms with Gasteiger partial charge in [-0.3, -0.25) is 4.79 Å². The van der Waals surface area contributed by atoms with Crippen molar-refractivity contribution >= 4 is 5.78 Å². The molecule has 0 aliphatic rings. The molecule has 0 fully saturated rings. The SMILES string of the molecule is COc1ccc(C(=O)c2ccccc2C(C)(C)C)c(C)c1. The Hall–Kier alpha value is -2.09. The third-order valence-corrected chi connectivity index (χ3v) is 3.66. The van der Waals surface area contributed by atoms with Crippen LogP contribution < -0.4 is 4.74 Å². The van der Waals surface area contributed by atoms with Crippen LogP contribution in [0, 0.1) is 6.92 Å². The van der Waals surface area contributed by atoms with E-state index in [9.17, 15) is 4.79 Å². The molecule has 2 heteroatoms. The lowest BCUT2D eigenvalue weighted by atomic mass is 9.81. The quantitative estimate of drug-likeness (QED) is 0.773. The summed E-state index contributed by atoms with van der Waals surface area (Å²) in [6, 6.07) is 13.4. The van der Waals surface area contributed by atoms with Crippen LogP contribution in [0.2, 0.25) is 0 Å². The molecule has 2 rings (SSSR count). The second kappa shape index (κ2) is 5.72. The zero-order valence-corrected chi connectivity index (χ0v) is 13.4. The molecule has 110 valence electrons. The van der Waals surface area contributed by atoms with Crippen molar-refractivity contribution in [3.63, 3.8) is 0 Å². The molecule has 0 N–H and O–H groups in total. The van der Waals surface area contributed by atoms with Gasteiger partial charge in [-0.1, -0.05) is 45.0 Å². The summed E-state index contributed by atoms with van der Waals surface area (Å²) in [4.78, 5) is 12.9. The highest BCUT2D eigenvalue weighted by atomic mass is 16.5. The van der Waals surface area contributed by atoms with Crippen LogP contribution in [0.25, 0.3) is 0 Å². The maximum Gasteiger partial charge on any atom is 0.193 e. The molecule has 0 saturated heterocycles. The minimum atomic E-state index is -0.0629. The predicted octanol–water partition coefficient (Wildman–Crippen LogP) is 4.53. The number of ether oxygens (including phenoxy) is 1. The summed E-state index contributed by atoms with van der Waals surface area (Å²) < 4.78 is 5.20. The first-order chi connectivity index (χ1) is 9.84. The van der Waals surface area contributed by atoms with Crippen LogP contribution in [0.3, 0.4) is 0 Å². The zero-order valence-electron chi connectivity index (χ0n) is 13.4. The number of carbonyl (C=O) groups excluding carboxylic acids is 1. The lowest BCUT2D eigenvalue weighted by Crippen LogP contribution is -2.17. The Balaban J connectivity index is 2.51. The summed E-state index contributed by atoms with van der Waals surface area (Å²) in [7, 11) is 1.63. The number of ketones is 1. The Morgan fingerprint density at radius 2 is 1.67 bits per heavy atom. The zero-order chi connectivity index (χ0) is 15.6. The average Bonchev–Trinajstić information content (AvgIpc) is 2.45. The van der Waals surface area contributed by atoms with E-state index in [1.807, 2.05) is 49.4 Å². The predicted molar refractivity (Wildman–Crippen MR) is 86.3 cm³/mol. The van der Waals surface area contributed by atoms with Gasteiger partial charge in [0.1, 0.15) is 5.75 Å². The highest BCUT2D eigenvalue weighted by Gasteiger charge is 2.22. The fourth-order valence-corrected chi connectivity index (χ4v) is 2.50. The number of aryl methyl sites for hydroxylation is 1. The van der Waals surface area contributed by atoms with E-state index in [1.165, 1.54) is 0 Å². The molecule has 0 heterocycles. The van der Waals surface area contributed by atoms with Crippen LogP contribution >= 0.6 is 0 Å². The largest absolute Gasteiger partial charge is 0.497 e. The maximum absolute atomic E-state index is 12.9. The Bertz CT molecular complexity index is 664. The van der Waals surface area contributed by atoms with E-state index < -0.39 is 0 Å². The highest BCUT2D eigenvalue weighted by molar-refractivity contribution is 6.11. The van der Waals surface area contributed by atoms with Gasteiger partial charge in [-0.2, -0.15) is 0 Å². The molecule has 0 atom stereocenters. The first-order valence-corrected chi connectivity index (χ1v) is 7.13. The van der Waals surface area contributed by atoms with Crippen molar-refractivity contribution in [1.82, 2.24) is 0 Å². The molecule has 0 radical (unpaired) electrons. The third-order valence-electron chi connectivity index (χ3n) is 3.66. The molecule has 0 bridgehead atoms. The topological polar surface area (TPSA) is 26.3 Å². The summed E-state index contributed by atoms with van der Waals surface area (Å²) in [6.07, 6.45) is 0. The first-order valence-electron chi connectivity index (χ1n) is 7.13. The van der Waals surface area contributed by atoms with Gasteiger partial charge in [0.25, 0.3) is 0 Å². The Morgan fingerprint density at radius 1 is 1.00 bits per heavy atom. The fraction of sp³-hybridized carbons (Fsp3) is 0.316. The third kappa shape index (κ3) is 3.15. The van der Waals surface area contributed by atoms with Crippen LogP contribution in [0.1, 0.15) is 47.8 Å². The van der Waals surface area contributed by atoms with E-state index in [0.29, 0.717) is 0 Å². The normalized spacial score (nSPS) is 11.3. The van der Waals surface area contributed by atoms with Crippen molar-refractivity contribution < 1.29 is 9.53 Å². The lowest BCUT2D eigenvalue weighted by molar-refractivity contribution is 0.103. The minimum absolute atomic E-state index is 0.0629. The van der Waals surface area contributed by atoms with E-state index in [-0.39, 0.29) is 11.2 Å². The number of rotatable bonds is 3. The number of hydrogen-bond acceptors (Lipinski definition) is 2. The van der Waals surface area contributed by atoms with Gasteiger partial charge in [-0.05, 0) is 41.7 Å². The number of methoxy groups -OCH3 is 1. The molecule has 21 heavy (non-hydrogen) atoms. The molecule has 2 nitrogen and oxygen atoms in total. The van der Waals surface area contributed by atoms with Gasteiger partial charge in [-0.25, -0.2) is 0 Å². The second-order valence-electron chi connectivity index (χ2n) is 6.31. The minimum Gasteiger partial charge on any atom is -0.497 e. The number of benzene rings is 2. The standard InChI is InChI=1S/C19H22O2/c1-13-12-14(21-5)10-11-15(13)18(20)16-8-6-7-9-17(16)19(2,3)4/h6-12H,1-5H3. The first kappa shape index (κ1) is 15.3. The molecule has 0 spiro atoms. The van der Waals surface area contributed by atoms with Crippen LogP contribution in [-0.4, -0.2) is 12.9 Å². The summed E-state index contributed by atoms with van der Waals surface area (Å²) in [5.74, 6) is 0.842. The molecule has 0 aliphatic carbocycles. The van der Waals surface area contributed by atoms with Crippen molar-refractivity contribution in [3.8, 4) is 5.75 Å².